The molecule has 0 saturated heterocycles. The quantitative estimate of drug-likeness (QED) is 0.622. The highest BCUT2D eigenvalue weighted by molar-refractivity contribution is 6.00. The number of methoxy groups -OCH3 is 1. The Labute approximate surface area is 148 Å². The molecule has 1 aromatic carbocycles. The largest absolute Gasteiger partial charge is 0.496 e. The van der Waals surface area contributed by atoms with Crippen LogP contribution in [0.3, 0.4) is 0 Å². The van der Waals surface area contributed by atoms with Crippen LogP contribution in [0.2, 0.25) is 0 Å². The minimum atomic E-state index is -0.753. The SMILES string of the molecule is CCCNC(=O)CNC(=O)[C@@H](NC(=O)c1ccccc1OC)C(C)C. The summed E-state index contributed by atoms with van der Waals surface area (Å²) in [5.74, 6) is -0.764. The van der Waals surface area contributed by atoms with Gasteiger partial charge in [0.2, 0.25) is 11.8 Å². The van der Waals surface area contributed by atoms with Crippen LogP contribution in [0.15, 0.2) is 24.3 Å². The summed E-state index contributed by atoms with van der Waals surface area (Å²) < 4.78 is 5.17. The van der Waals surface area contributed by atoms with Gasteiger partial charge >= 0.3 is 0 Å². The normalized spacial score (nSPS) is 11.6. The molecule has 7 heteroatoms. The average molecular weight is 349 g/mol. The highest BCUT2D eigenvalue weighted by atomic mass is 16.5. The molecule has 0 aliphatic heterocycles. The van der Waals surface area contributed by atoms with E-state index >= 15 is 0 Å². The molecule has 1 aromatic rings. The van der Waals surface area contributed by atoms with Crippen molar-refractivity contribution in [2.24, 2.45) is 5.92 Å². The van der Waals surface area contributed by atoms with Crippen molar-refractivity contribution in [1.82, 2.24) is 16.0 Å². The lowest BCUT2D eigenvalue weighted by atomic mass is 10.0. The molecular formula is C18H27N3O4. The maximum atomic E-state index is 12.5. The van der Waals surface area contributed by atoms with Crippen molar-refractivity contribution in [3.8, 4) is 5.75 Å². The molecule has 3 amide bonds. The minimum Gasteiger partial charge on any atom is -0.496 e. The van der Waals surface area contributed by atoms with Gasteiger partial charge in [-0.1, -0.05) is 32.9 Å². The zero-order chi connectivity index (χ0) is 18.8. The number of benzene rings is 1. The van der Waals surface area contributed by atoms with Crippen molar-refractivity contribution < 1.29 is 19.1 Å². The van der Waals surface area contributed by atoms with Gasteiger partial charge in [0.15, 0.2) is 0 Å². The van der Waals surface area contributed by atoms with Crippen LogP contribution in [0.1, 0.15) is 37.6 Å². The molecule has 25 heavy (non-hydrogen) atoms. The fourth-order valence-electron chi connectivity index (χ4n) is 2.19. The van der Waals surface area contributed by atoms with E-state index in [1.807, 2.05) is 20.8 Å². The van der Waals surface area contributed by atoms with Gasteiger partial charge in [-0.15, -0.1) is 0 Å². The minimum absolute atomic E-state index is 0.118. The number of ether oxygens (including phenoxy) is 1. The number of amides is 3. The third kappa shape index (κ3) is 6.45. The van der Waals surface area contributed by atoms with Crippen LogP contribution in [0.25, 0.3) is 0 Å². The first kappa shape index (κ1) is 20.5. The Morgan fingerprint density at radius 2 is 1.80 bits per heavy atom. The molecule has 1 atom stereocenters. The number of hydrogen-bond donors (Lipinski definition) is 3. The van der Waals surface area contributed by atoms with Crippen molar-refractivity contribution in [2.75, 3.05) is 20.2 Å². The lowest BCUT2D eigenvalue weighted by Crippen LogP contribution is -2.51. The first-order valence-corrected chi connectivity index (χ1v) is 8.39. The van der Waals surface area contributed by atoms with E-state index in [-0.39, 0.29) is 18.4 Å². The Morgan fingerprint density at radius 3 is 2.40 bits per heavy atom. The topological polar surface area (TPSA) is 96.5 Å². The van der Waals surface area contributed by atoms with Crippen LogP contribution >= 0.6 is 0 Å². The van der Waals surface area contributed by atoms with Crippen molar-refractivity contribution in [2.45, 2.75) is 33.2 Å². The third-order valence-corrected chi connectivity index (χ3v) is 3.58. The van der Waals surface area contributed by atoms with E-state index < -0.39 is 17.9 Å². The molecule has 7 nitrogen and oxygen atoms in total. The molecule has 0 radical (unpaired) electrons. The zero-order valence-electron chi connectivity index (χ0n) is 15.2. The van der Waals surface area contributed by atoms with Gasteiger partial charge in [-0.3, -0.25) is 14.4 Å². The molecule has 138 valence electrons. The number of para-hydroxylation sites is 1. The molecule has 0 aromatic heterocycles. The van der Waals surface area contributed by atoms with E-state index in [9.17, 15) is 14.4 Å². The van der Waals surface area contributed by atoms with Gasteiger partial charge in [-0.25, -0.2) is 0 Å². The molecular weight excluding hydrogens is 322 g/mol. The van der Waals surface area contributed by atoms with Gasteiger partial charge in [0.05, 0.1) is 19.2 Å². The standard InChI is InChI=1S/C18H27N3O4/c1-5-10-19-15(22)11-20-18(24)16(12(2)3)21-17(23)13-8-6-7-9-14(13)25-4/h6-9,12,16H,5,10-11H2,1-4H3,(H,19,22)(H,20,24)(H,21,23)/t16-/m0/s1. The molecule has 1 rings (SSSR count). The first-order valence-electron chi connectivity index (χ1n) is 8.39. The summed E-state index contributed by atoms with van der Waals surface area (Å²) in [5, 5.41) is 7.95. The van der Waals surface area contributed by atoms with Crippen LogP contribution in [0, 0.1) is 5.92 Å². The first-order chi connectivity index (χ1) is 11.9. The molecule has 0 aliphatic carbocycles. The number of carbonyl (C=O) groups excluding carboxylic acids is 3. The predicted octanol–water partition coefficient (Wildman–Crippen LogP) is 1.09. The monoisotopic (exact) mass is 349 g/mol. The summed E-state index contributed by atoms with van der Waals surface area (Å²) >= 11 is 0. The van der Waals surface area contributed by atoms with Gasteiger partial charge < -0.3 is 20.7 Å². The van der Waals surface area contributed by atoms with E-state index in [1.54, 1.807) is 24.3 Å². The zero-order valence-corrected chi connectivity index (χ0v) is 15.2. The van der Waals surface area contributed by atoms with Gasteiger partial charge in [-0.05, 0) is 24.5 Å². The van der Waals surface area contributed by atoms with Gasteiger partial charge in [0.1, 0.15) is 11.8 Å². The second-order valence-corrected chi connectivity index (χ2v) is 5.96. The molecule has 0 fully saturated rings. The van der Waals surface area contributed by atoms with E-state index in [4.69, 9.17) is 4.74 Å². The van der Waals surface area contributed by atoms with Crippen LogP contribution < -0.4 is 20.7 Å². The molecule has 0 saturated carbocycles. The predicted molar refractivity (Wildman–Crippen MR) is 95.4 cm³/mol. The summed E-state index contributed by atoms with van der Waals surface area (Å²) in [5.41, 5.74) is 0.351. The average Bonchev–Trinajstić information content (AvgIpc) is 2.61. The Hall–Kier alpha value is -2.57. The second-order valence-electron chi connectivity index (χ2n) is 5.96. The van der Waals surface area contributed by atoms with Gasteiger partial charge in [0.25, 0.3) is 5.91 Å². The smallest absolute Gasteiger partial charge is 0.255 e. The van der Waals surface area contributed by atoms with E-state index in [1.165, 1.54) is 7.11 Å². The van der Waals surface area contributed by atoms with Crippen molar-refractivity contribution in [3.63, 3.8) is 0 Å². The summed E-state index contributed by atoms with van der Waals surface area (Å²) in [6.07, 6.45) is 0.823. The molecule has 0 bridgehead atoms. The van der Waals surface area contributed by atoms with E-state index in [0.717, 1.165) is 6.42 Å². The van der Waals surface area contributed by atoms with Crippen LogP contribution in [0.4, 0.5) is 0 Å². The van der Waals surface area contributed by atoms with Gasteiger partial charge in [-0.2, -0.15) is 0 Å². The highest BCUT2D eigenvalue weighted by Gasteiger charge is 2.25. The van der Waals surface area contributed by atoms with Crippen molar-refractivity contribution in [3.05, 3.63) is 29.8 Å². The van der Waals surface area contributed by atoms with Crippen molar-refractivity contribution >= 4 is 17.7 Å². The highest BCUT2D eigenvalue weighted by Crippen LogP contribution is 2.17. The maximum absolute atomic E-state index is 12.5. The summed E-state index contributed by atoms with van der Waals surface area (Å²) in [6.45, 7) is 6.04. The second kappa shape index (κ2) is 10.3. The number of rotatable bonds is 9. The summed E-state index contributed by atoms with van der Waals surface area (Å²) in [6, 6.07) is 6.03. The fraction of sp³-hybridized carbons (Fsp3) is 0.500. The summed E-state index contributed by atoms with van der Waals surface area (Å²) in [7, 11) is 1.48. The number of hydrogen-bond acceptors (Lipinski definition) is 4. The fourth-order valence-corrected chi connectivity index (χ4v) is 2.19. The Bertz CT molecular complexity index is 602. The summed E-state index contributed by atoms with van der Waals surface area (Å²) in [4.78, 5) is 36.4. The Morgan fingerprint density at radius 1 is 1.12 bits per heavy atom. The maximum Gasteiger partial charge on any atom is 0.255 e. The molecule has 0 heterocycles. The van der Waals surface area contributed by atoms with Crippen molar-refractivity contribution in [1.29, 1.82) is 0 Å². The molecule has 0 unspecified atom stereocenters. The van der Waals surface area contributed by atoms with Crippen LogP contribution in [0.5, 0.6) is 5.75 Å². The number of carbonyl (C=O) groups is 3. The third-order valence-electron chi connectivity index (χ3n) is 3.58. The lowest BCUT2D eigenvalue weighted by molar-refractivity contribution is -0.127. The van der Waals surface area contributed by atoms with Gasteiger partial charge in [0, 0.05) is 6.54 Å². The number of nitrogens with one attached hydrogen (secondary N) is 3. The molecule has 0 spiro atoms. The Kier molecular flexibility index (Phi) is 8.46. The Balaban J connectivity index is 2.71. The van der Waals surface area contributed by atoms with Crippen LogP contribution in [-0.4, -0.2) is 44.0 Å². The van der Waals surface area contributed by atoms with E-state index in [2.05, 4.69) is 16.0 Å². The van der Waals surface area contributed by atoms with E-state index in [0.29, 0.717) is 17.9 Å². The van der Waals surface area contributed by atoms with Crippen LogP contribution in [-0.2, 0) is 9.59 Å². The lowest BCUT2D eigenvalue weighted by Gasteiger charge is -2.22. The molecule has 0 aliphatic rings. The molecule has 3 N–H and O–H groups in total.